The van der Waals surface area contributed by atoms with E-state index in [0.29, 0.717) is 6.42 Å². The van der Waals surface area contributed by atoms with Crippen molar-refractivity contribution < 1.29 is 9.58 Å². The molecule has 0 saturated carbocycles. The Morgan fingerprint density at radius 1 is 1.00 bits per heavy atom. The fourth-order valence-electron chi connectivity index (χ4n) is 1.66. The first-order valence-electron chi connectivity index (χ1n) is 6.44. The van der Waals surface area contributed by atoms with E-state index in [-0.39, 0.29) is 11.5 Å². The molecule has 0 N–H and O–H groups in total. The topological polar surface area (TPSA) is 53.5 Å². The third kappa shape index (κ3) is 8.37. The van der Waals surface area contributed by atoms with E-state index in [1.807, 2.05) is 0 Å². The van der Waals surface area contributed by atoms with Gasteiger partial charge in [0.25, 0.3) is 0 Å². The van der Waals surface area contributed by atoms with Crippen LogP contribution in [0.4, 0.5) is 0 Å². The van der Waals surface area contributed by atoms with Crippen LogP contribution < -0.4 is 0 Å². The molecule has 0 aromatic heterocycles. The van der Waals surface area contributed by atoms with E-state index in [9.17, 15) is 4.79 Å². The lowest BCUT2D eigenvalue weighted by atomic mass is 10.1. The Hall–Kier alpha value is -0.950. The molecule has 0 radical (unpaired) electrons. The lowest BCUT2D eigenvalue weighted by molar-refractivity contribution is -0.117. The number of hydrogen-bond donors (Lipinski definition) is 0. The standard InChI is InChI=1S/C13H24N2O/c1-3-4-5-6-7-8-9-10-11-13(16)12(2)15-14/h3-11H2,1-2H3. The number of carbonyl (C=O) groups excluding carboxylic acids is 1. The van der Waals surface area contributed by atoms with Gasteiger partial charge in [-0.2, -0.15) is 4.79 Å². The number of hydrogen-bond acceptors (Lipinski definition) is 1. The van der Waals surface area contributed by atoms with Crippen molar-refractivity contribution in [3.63, 3.8) is 0 Å². The molecule has 0 aliphatic rings. The summed E-state index contributed by atoms with van der Waals surface area (Å²) in [6.07, 6.45) is 10.3. The number of unbranched alkanes of at least 4 members (excludes halogenated alkanes) is 7. The SMILES string of the molecule is CCCCCCCCCCC(=O)C(C)=[N+]=[N-]. The van der Waals surface area contributed by atoms with Crippen LogP contribution in [-0.2, 0) is 4.79 Å². The Balaban J connectivity index is 3.27. The van der Waals surface area contributed by atoms with Gasteiger partial charge in [0.05, 0.1) is 0 Å². The van der Waals surface area contributed by atoms with E-state index in [4.69, 9.17) is 5.53 Å². The van der Waals surface area contributed by atoms with Crippen LogP contribution in [0.25, 0.3) is 5.53 Å². The largest absolute Gasteiger partial charge is 0.361 e. The summed E-state index contributed by atoms with van der Waals surface area (Å²) in [7, 11) is 0. The quantitative estimate of drug-likeness (QED) is 0.241. The minimum absolute atomic E-state index is 0.0338. The number of rotatable bonds is 10. The fourth-order valence-corrected chi connectivity index (χ4v) is 1.66. The van der Waals surface area contributed by atoms with Gasteiger partial charge in [-0.05, 0) is 6.42 Å². The molecular formula is C13H24N2O. The minimum atomic E-state index is -0.0338. The van der Waals surface area contributed by atoms with Gasteiger partial charge in [-0.25, -0.2) is 0 Å². The highest BCUT2D eigenvalue weighted by Crippen LogP contribution is 2.09. The molecule has 0 aliphatic carbocycles. The molecule has 0 amide bonds. The maximum Gasteiger partial charge on any atom is 0.331 e. The van der Waals surface area contributed by atoms with Gasteiger partial charge in [0.15, 0.2) is 0 Å². The first-order chi connectivity index (χ1) is 7.72. The molecule has 0 bridgehead atoms. The van der Waals surface area contributed by atoms with Gasteiger partial charge in [0.1, 0.15) is 0 Å². The van der Waals surface area contributed by atoms with Crippen LogP contribution in [0.5, 0.6) is 0 Å². The van der Waals surface area contributed by atoms with Crippen molar-refractivity contribution in [2.24, 2.45) is 0 Å². The third-order valence-corrected chi connectivity index (χ3v) is 2.81. The lowest BCUT2D eigenvalue weighted by Gasteiger charge is -1.99. The molecule has 0 fully saturated rings. The summed E-state index contributed by atoms with van der Waals surface area (Å²) in [4.78, 5) is 14.2. The number of nitrogens with zero attached hydrogens (tertiary/aromatic N) is 2. The molecule has 16 heavy (non-hydrogen) atoms. The number of Topliss-reactive ketones (excluding diaryl/α,β-unsaturated/α-hetero) is 1. The Labute approximate surface area is 98.9 Å². The summed E-state index contributed by atoms with van der Waals surface area (Å²) in [5.41, 5.74) is 8.62. The first kappa shape index (κ1) is 15.0. The van der Waals surface area contributed by atoms with Gasteiger partial charge >= 0.3 is 5.71 Å². The van der Waals surface area contributed by atoms with Crippen LogP contribution in [0.1, 0.15) is 71.6 Å². The Morgan fingerprint density at radius 3 is 2.00 bits per heavy atom. The molecule has 0 saturated heterocycles. The zero-order valence-corrected chi connectivity index (χ0v) is 10.7. The smallest absolute Gasteiger partial charge is 0.331 e. The van der Waals surface area contributed by atoms with Gasteiger partial charge in [-0.15, -0.1) is 0 Å². The molecule has 0 atom stereocenters. The van der Waals surface area contributed by atoms with Crippen LogP contribution in [0.15, 0.2) is 0 Å². The Morgan fingerprint density at radius 2 is 1.50 bits per heavy atom. The predicted octanol–water partition coefficient (Wildman–Crippen LogP) is 3.78. The molecule has 0 aliphatic heterocycles. The van der Waals surface area contributed by atoms with Crippen molar-refractivity contribution in [1.82, 2.24) is 0 Å². The third-order valence-electron chi connectivity index (χ3n) is 2.81. The maximum atomic E-state index is 11.3. The predicted molar refractivity (Wildman–Crippen MR) is 66.5 cm³/mol. The zero-order valence-electron chi connectivity index (χ0n) is 10.7. The summed E-state index contributed by atoms with van der Waals surface area (Å²) >= 11 is 0. The van der Waals surface area contributed by atoms with E-state index in [1.165, 1.54) is 38.5 Å². The summed E-state index contributed by atoms with van der Waals surface area (Å²) < 4.78 is 0. The molecule has 0 aromatic rings. The average Bonchev–Trinajstić information content (AvgIpc) is 2.31. The Bertz CT molecular complexity index is 242. The molecule has 0 rings (SSSR count). The monoisotopic (exact) mass is 224 g/mol. The highest BCUT2D eigenvalue weighted by Gasteiger charge is 2.11. The summed E-state index contributed by atoms with van der Waals surface area (Å²) in [6.45, 7) is 3.77. The highest BCUT2D eigenvalue weighted by molar-refractivity contribution is 6.36. The van der Waals surface area contributed by atoms with Crippen LogP contribution in [0.2, 0.25) is 0 Å². The summed E-state index contributed by atoms with van der Waals surface area (Å²) in [6, 6.07) is 0. The molecule has 0 unspecified atom stereocenters. The van der Waals surface area contributed by atoms with Gasteiger partial charge in [-0.1, -0.05) is 51.9 Å². The van der Waals surface area contributed by atoms with Crippen molar-refractivity contribution >= 4 is 11.5 Å². The second-order valence-corrected chi connectivity index (χ2v) is 4.33. The molecule has 0 spiro atoms. The van der Waals surface area contributed by atoms with Crippen molar-refractivity contribution in [3.05, 3.63) is 5.53 Å². The van der Waals surface area contributed by atoms with E-state index < -0.39 is 0 Å². The Kier molecular flexibility index (Phi) is 9.94. The molecule has 92 valence electrons. The number of carbonyl (C=O) groups is 1. The molecule has 3 heteroatoms. The zero-order chi connectivity index (χ0) is 12.2. The molecule has 0 heterocycles. The molecular weight excluding hydrogens is 200 g/mol. The van der Waals surface area contributed by atoms with Crippen LogP contribution >= 0.6 is 0 Å². The highest BCUT2D eigenvalue weighted by atomic mass is 16.1. The van der Waals surface area contributed by atoms with E-state index in [1.54, 1.807) is 6.92 Å². The van der Waals surface area contributed by atoms with Crippen molar-refractivity contribution in [2.45, 2.75) is 71.6 Å². The maximum absolute atomic E-state index is 11.3. The summed E-state index contributed by atoms with van der Waals surface area (Å²) in [5, 5.41) is 0. The average molecular weight is 224 g/mol. The van der Waals surface area contributed by atoms with Crippen LogP contribution in [-0.4, -0.2) is 16.3 Å². The van der Waals surface area contributed by atoms with E-state index >= 15 is 0 Å². The van der Waals surface area contributed by atoms with Gasteiger partial charge in [0, 0.05) is 13.3 Å². The normalized spacial score (nSPS) is 9.88. The van der Waals surface area contributed by atoms with Gasteiger partial charge < -0.3 is 5.53 Å². The molecule has 3 nitrogen and oxygen atoms in total. The van der Waals surface area contributed by atoms with Crippen molar-refractivity contribution in [1.29, 1.82) is 0 Å². The van der Waals surface area contributed by atoms with Crippen LogP contribution in [0.3, 0.4) is 0 Å². The first-order valence-corrected chi connectivity index (χ1v) is 6.44. The second kappa shape index (κ2) is 10.6. The van der Waals surface area contributed by atoms with Gasteiger partial charge in [0.2, 0.25) is 5.78 Å². The fraction of sp³-hybridized carbons (Fsp3) is 0.846. The van der Waals surface area contributed by atoms with E-state index in [2.05, 4.69) is 11.7 Å². The van der Waals surface area contributed by atoms with Crippen molar-refractivity contribution in [3.8, 4) is 0 Å². The van der Waals surface area contributed by atoms with Crippen molar-refractivity contribution in [2.75, 3.05) is 0 Å². The van der Waals surface area contributed by atoms with Gasteiger partial charge in [-0.3, -0.25) is 4.79 Å². The minimum Gasteiger partial charge on any atom is -0.361 e. The lowest BCUT2D eigenvalue weighted by Crippen LogP contribution is -2.10. The van der Waals surface area contributed by atoms with Crippen LogP contribution in [0, 0.1) is 0 Å². The molecule has 0 aromatic carbocycles. The summed E-state index contributed by atoms with van der Waals surface area (Å²) in [5.74, 6) is -0.0338. The number of ketones is 1. The second-order valence-electron chi connectivity index (χ2n) is 4.33. The van der Waals surface area contributed by atoms with E-state index in [0.717, 1.165) is 12.8 Å².